The van der Waals surface area contributed by atoms with Crippen molar-refractivity contribution in [3.63, 3.8) is 0 Å². The van der Waals surface area contributed by atoms with E-state index in [9.17, 15) is 4.79 Å². The van der Waals surface area contributed by atoms with Crippen LogP contribution in [0, 0.1) is 0 Å². The molecule has 0 N–H and O–H groups in total. The molecular formula is C18H18BrNO2. The van der Waals surface area contributed by atoms with Gasteiger partial charge in [0.1, 0.15) is 5.75 Å². The third-order valence-corrected chi connectivity index (χ3v) is 4.31. The number of carbonyl (C=O) groups excluding carboxylic acids is 1. The zero-order valence-electron chi connectivity index (χ0n) is 12.5. The van der Waals surface area contributed by atoms with Crippen LogP contribution in [0.3, 0.4) is 0 Å². The molecule has 0 saturated heterocycles. The average molecular weight is 360 g/mol. The first kappa shape index (κ1) is 15.1. The molecule has 1 aliphatic heterocycles. The number of nitrogens with zero attached hydrogens (tertiary/aromatic N) is 1. The van der Waals surface area contributed by atoms with Crippen molar-refractivity contribution < 1.29 is 9.53 Å². The Bertz CT molecular complexity index is 682. The normalized spacial score (nSPS) is 13.6. The lowest BCUT2D eigenvalue weighted by Crippen LogP contribution is -2.35. The number of benzene rings is 2. The molecule has 0 unspecified atom stereocenters. The maximum absolute atomic E-state index is 12.8. The Morgan fingerprint density at radius 1 is 1.23 bits per heavy atom. The SMILES string of the molecule is CCOc1ccc(C(=O)N2CCCc3cc(Br)ccc32)cc1. The molecule has 114 valence electrons. The summed E-state index contributed by atoms with van der Waals surface area (Å²) in [5, 5.41) is 0. The van der Waals surface area contributed by atoms with Crippen LogP contribution in [0.2, 0.25) is 0 Å². The standard InChI is InChI=1S/C18H18BrNO2/c1-2-22-16-8-5-13(6-9-16)18(21)20-11-3-4-14-12-15(19)7-10-17(14)20/h5-10,12H,2-4,11H2,1H3. The van der Waals surface area contributed by atoms with Gasteiger partial charge in [-0.3, -0.25) is 4.79 Å². The van der Waals surface area contributed by atoms with Gasteiger partial charge in [0, 0.05) is 22.3 Å². The minimum atomic E-state index is 0.0475. The van der Waals surface area contributed by atoms with Crippen LogP contribution in [0.4, 0.5) is 5.69 Å². The molecule has 0 aromatic heterocycles. The molecule has 1 aliphatic rings. The van der Waals surface area contributed by atoms with E-state index in [4.69, 9.17) is 4.74 Å². The highest BCUT2D eigenvalue weighted by Gasteiger charge is 2.23. The largest absolute Gasteiger partial charge is 0.494 e. The molecule has 1 amide bonds. The molecule has 0 atom stereocenters. The summed E-state index contributed by atoms with van der Waals surface area (Å²) < 4.78 is 6.48. The second-order valence-corrected chi connectivity index (χ2v) is 6.21. The summed E-state index contributed by atoms with van der Waals surface area (Å²) in [5.41, 5.74) is 2.94. The second kappa shape index (κ2) is 6.53. The van der Waals surface area contributed by atoms with Gasteiger partial charge in [-0.1, -0.05) is 15.9 Å². The van der Waals surface area contributed by atoms with E-state index >= 15 is 0 Å². The van der Waals surface area contributed by atoms with Crippen LogP contribution in [0.25, 0.3) is 0 Å². The summed E-state index contributed by atoms with van der Waals surface area (Å²) in [5.74, 6) is 0.841. The summed E-state index contributed by atoms with van der Waals surface area (Å²) in [6.45, 7) is 3.34. The van der Waals surface area contributed by atoms with Crippen molar-refractivity contribution in [1.82, 2.24) is 0 Å². The summed E-state index contributed by atoms with van der Waals surface area (Å²) in [6, 6.07) is 13.5. The third-order valence-electron chi connectivity index (χ3n) is 3.82. The maximum atomic E-state index is 12.8. The van der Waals surface area contributed by atoms with Gasteiger partial charge in [0.05, 0.1) is 6.61 Å². The van der Waals surface area contributed by atoms with Crippen LogP contribution in [0.5, 0.6) is 5.75 Å². The topological polar surface area (TPSA) is 29.5 Å². The van der Waals surface area contributed by atoms with Crippen molar-refractivity contribution in [1.29, 1.82) is 0 Å². The van der Waals surface area contributed by atoms with Crippen molar-refractivity contribution in [2.75, 3.05) is 18.1 Å². The number of anilines is 1. The predicted octanol–water partition coefficient (Wildman–Crippen LogP) is 4.44. The number of hydrogen-bond donors (Lipinski definition) is 0. The monoisotopic (exact) mass is 359 g/mol. The fraction of sp³-hybridized carbons (Fsp3) is 0.278. The Hall–Kier alpha value is -1.81. The molecular weight excluding hydrogens is 342 g/mol. The first-order chi connectivity index (χ1) is 10.7. The highest BCUT2D eigenvalue weighted by molar-refractivity contribution is 9.10. The molecule has 0 fully saturated rings. The lowest BCUT2D eigenvalue weighted by atomic mass is 10.0. The van der Waals surface area contributed by atoms with Gasteiger partial charge in [0.2, 0.25) is 0 Å². The number of hydrogen-bond acceptors (Lipinski definition) is 2. The van der Waals surface area contributed by atoms with Gasteiger partial charge in [-0.2, -0.15) is 0 Å². The summed E-state index contributed by atoms with van der Waals surface area (Å²) in [7, 11) is 0. The number of amides is 1. The van der Waals surface area contributed by atoms with Crippen molar-refractivity contribution in [3.8, 4) is 5.75 Å². The molecule has 22 heavy (non-hydrogen) atoms. The lowest BCUT2D eigenvalue weighted by Gasteiger charge is -2.29. The molecule has 3 rings (SSSR count). The van der Waals surface area contributed by atoms with Crippen LogP contribution < -0.4 is 9.64 Å². The highest BCUT2D eigenvalue weighted by Crippen LogP contribution is 2.31. The average Bonchev–Trinajstić information content (AvgIpc) is 2.54. The van der Waals surface area contributed by atoms with E-state index < -0.39 is 0 Å². The Morgan fingerprint density at radius 3 is 2.73 bits per heavy atom. The number of halogens is 1. The van der Waals surface area contributed by atoms with Crippen molar-refractivity contribution in [2.24, 2.45) is 0 Å². The second-order valence-electron chi connectivity index (χ2n) is 5.29. The fourth-order valence-corrected chi connectivity index (χ4v) is 3.20. The summed E-state index contributed by atoms with van der Waals surface area (Å²) in [4.78, 5) is 14.7. The fourth-order valence-electron chi connectivity index (χ4n) is 2.79. The summed E-state index contributed by atoms with van der Waals surface area (Å²) in [6.07, 6.45) is 2.01. The van der Waals surface area contributed by atoms with Gasteiger partial charge in [0.15, 0.2) is 0 Å². The third kappa shape index (κ3) is 3.02. The summed E-state index contributed by atoms with van der Waals surface area (Å²) >= 11 is 3.50. The van der Waals surface area contributed by atoms with E-state index in [0.29, 0.717) is 12.2 Å². The molecule has 0 aliphatic carbocycles. The Kier molecular flexibility index (Phi) is 4.48. The molecule has 3 nitrogen and oxygen atoms in total. The number of rotatable bonds is 3. The first-order valence-electron chi connectivity index (χ1n) is 7.52. The smallest absolute Gasteiger partial charge is 0.258 e. The molecule has 0 spiro atoms. The van der Waals surface area contributed by atoms with Gasteiger partial charge in [-0.05, 0) is 67.8 Å². The quantitative estimate of drug-likeness (QED) is 0.810. The van der Waals surface area contributed by atoms with E-state index in [-0.39, 0.29) is 5.91 Å². The Balaban J connectivity index is 1.87. The zero-order chi connectivity index (χ0) is 15.5. The minimum Gasteiger partial charge on any atom is -0.494 e. The van der Waals surface area contributed by atoms with E-state index in [0.717, 1.165) is 35.3 Å². The van der Waals surface area contributed by atoms with E-state index in [1.54, 1.807) is 0 Å². The van der Waals surface area contributed by atoms with Gasteiger partial charge < -0.3 is 9.64 Å². The van der Waals surface area contributed by atoms with Crippen molar-refractivity contribution >= 4 is 27.5 Å². The highest BCUT2D eigenvalue weighted by atomic mass is 79.9. The van der Waals surface area contributed by atoms with Gasteiger partial charge >= 0.3 is 0 Å². The molecule has 0 radical (unpaired) electrons. The molecule has 2 aromatic carbocycles. The van der Waals surface area contributed by atoms with Crippen molar-refractivity contribution in [2.45, 2.75) is 19.8 Å². The van der Waals surface area contributed by atoms with E-state index in [1.807, 2.05) is 48.2 Å². The van der Waals surface area contributed by atoms with Crippen LogP contribution in [0.15, 0.2) is 46.9 Å². The van der Waals surface area contributed by atoms with Crippen LogP contribution >= 0.6 is 15.9 Å². The number of fused-ring (bicyclic) bond motifs is 1. The number of ether oxygens (including phenoxy) is 1. The van der Waals surface area contributed by atoms with Crippen molar-refractivity contribution in [3.05, 3.63) is 58.1 Å². The van der Waals surface area contributed by atoms with Gasteiger partial charge in [-0.25, -0.2) is 0 Å². The number of aryl methyl sites for hydroxylation is 1. The molecule has 4 heteroatoms. The lowest BCUT2D eigenvalue weighted by molar-refractivity contribution is 0.0985. The van der Waals surface area contributed by atoms with Crippen LogP contribution in [-0.4, -0.2) is 19.1 Å². The van der Waals surface area contributed by atoms with Crippen LogP contribution in [-0.2, 0) is 6.42 Å². The van der Waals surface area contributed by atoms with E-state index in [1.165, 1.54) is 5.56 Å². The van der Waals surface area contributed by atoms with Gasteiger partial charge in [0.25, 0.3) is 5.91 Å². The number of carbonyl (C=O) groups is 1. The predicted molar refractivity (Wildman–Crippen MR) is 91.8 cm³/mol. The minimum absolute atomic E-state index is 0.0475. The zero-order valence-corrected chi connectivity index (χ0v) is 14.1. The Labute approximate surface area is 139 Å². The molecule has 0 saturated carbocycles. The molecule has 1 heterocycles. The van der Waals surface area contributed by atoms with Crippen LogP contribution in [0.1, 0.15) is 29.3 Å². The maximum Gasteiger partial charge on any atom is 0.258 e. The molecule has 2 aromatic rings. The van der Waals surface area contributed by atoms with E-state index in [2.05, 4.69) is 22.0 Å². The Morgan fingerprint density at radius 2 is 2.00 bits per heavy atom. The molecule has 0 bridgehead atoms. The van der Waals surface area contributed by atoms with Gasteiger partial charge in [-0.15, -0.1) is 0 Å². The first-order valence-corrected chi connectivity index (χ1v) is 8.31.